The van der Waals surface area contributed by atoms with E-state index in [1.165, 1.54) is 25.3 Å². The standard InChI is InChI=1S/C13H13N3O4/c1-20-12-6-10(2-3-11(12)16(18)19)13(17)15-8-9-4-5-14-7-9/h2-7,14H,8H2,1H3,(H,15,17). The number of amides is 1. The number of hydrogen-bond acceptors (Lipinski definition) is 4. The molecular formula is C13H13N3O4. The average molecular weight is 275 g/mol. The highest BCUT2D eigenvalue weighted by Crippen LogP contribution is 2.27. The van der Waals surface area contributed by atoms with Gasteiger partial charge in [-0.25, -0.2) is 0 Å². The molecular weight excluding hydrogens is 262 g/mol. The summed E-state index contributed by atoms with van der Waals surface area (Å²) in [5.41, 5.74) is 1.07. The Hall–Kier alpha value is -2.83. The van der Waals surface area contributed by atoms with Crippen LogP contribution in [-0.2, 0) is 6.54 Å². The summed E-state index contributed by atoms with van der Waals surface area (Å²) in [7, 11) is 1.32. The molecule has 0 fully saturated rings. The summed E-state index contributed by atoms with van der Waals surface area (Å²) in [5, 5.41) is 13.5. The Morgan fingerprint density at radius 2 is 2.25 bits per heavy atom. The number of nitro benzene ring substituents is 1. The minimum Gasteiger partial charge on any atom is -0.490 e. The number of carbonyl (C=O) groups excluding carboxylic acids is 1. The zero-order valence-corrected chi connectivity index (χ0v) is 10.8. The third kappa shape index (κ3) is 2.94. The van der Waals surface area contributed by atoms with Crippen molar-refractivity contribution in [2.75, 3.05) is 7.11 Å². The van der Waals surface area contributed by atoms with Crippen LogP contribution in [0.15, 0.2) is 36.7 Å². The molecule has 0 saturated carbocycles. The van der Waals surface area contributed by atoms with Crippen LogP contribution >= 0.6 is 0 Å². The van der Waals surface area contributed by atoms with E-state index in [2.05, 4.69) is 10.3 Å². The lowest BCUT2D eigenvalue weighted by atomic mass is 10.1. The molecule has 0 spiro atoms. The molecule has 1 aromatic carbocycles. The highest BCUT2D eigenvalue weighted by molar-refractivity contribution is 5.95. The highest BCUT2D eigenvalue weighted by Gasteiger charge is 2.17. The van der Waals surface area contributed by atoms with E-state index in [4.69, 9.17) is 4.74 Å². The van der Waals surface area contributed by atoms with Crippen LogP contribution in [0.3, 0.4) is 0 Å². The van der Waals surface area contributed by atoms with E-state index in [9.17, 15) is 14.9 Å². The molecule has 7 nitrogen and oxygen atoms in total. The first-order valence-corrected chi connectivity index (χ1v) is 5.84. The van der Waals surface area contributed by atoms with E-state index < -0.39 is 4.92 Å². The number of nitrogens with zero attached hydrogens (tertiary/aromatic N) is 1. The molecule has 0 bridgehead atoms. The number of aromatic nitrogens is 1. The number of methoxy groups -OCH3 is 1. The maximum absolute atomic E-state index is 11.9. The Bertz CT molecular complexity index is 623. The van der Waals surface area contributed by atoms with E-state index in [0.717, 1.165) is 5.56 Å². The first kappa shape index (κ1) is 13.6. The summed E-state index contributed by atoms with van der Waals surface area (Å²) in [4.78, 5) is 25.0. The summed E-state index contributed by atoms with van der Waals surface area (Å²) in [6.45, 7) is 0.377. The Balaban J connectivity index is 2.12. The maximum atomic E-state index is 11.9. The van der Waals surface area contributed by atoms with Crippen LogP contribution in [0.1, 0.15) is 15.9 Å². The quantitative estimate of drug-likeness (QED) is 0.642. The number of H-pyrrole nitrogens is 1. The smallest absolute Gasteiger partial charge is 0.310 e. The second-order valence-corrected chi connectivity index (χ2v) is 4.05. The van der Waals surface area contributed by atoms with Crippen molar-refractivity contribution in [3.63, 3.8) is 0 Å². The molecule has 0 radical (unpaired) electrons. The van der Waals surface area contributed by atoms with Gasteiger partial charge in [-0.2, -0.15) is 0 Å². The number of nitrogens with one attached hydrogen (secondary N) is 2. The van der Waals surface area contributed by atoms with E-state index in [0.29, 0.717) is 12.1 Å². The van der Waals surface area contributed by atoms with Crippen LogP contribution in [-0.4, -0.2) is 22.9 Å². The minimum atomic E-state index is -0.555. The Labute approximate surface area is 114 Å². The SMILES string of the molecule is COc1cc(C(=O)NCc2cc[nH]c2)ccc1[N+](=O)[O-]. The van der Waals surface area contributed by atoms with Gasteiger partial charge in [0.1, 0.15) is 0 Å². The Morgan fingerprint density at radius 1 is 1.45 bits per heavy atom. The number of benzene rings is 1. The van der Waals surface area contributed by atoms with Gasteiger partial charge in [0.15, 0.2) is 5.75 Å². The number of rotatable bonds is 5. The predicted octanol–water partition coefficient (Wildman–Crippen LogP) is 1.86. The lowest BCUT2D eigenvalue weighted by molar-refractivity contribution is -0.385. The molecule has 7 heteroatoms. The van der Waals surface area contributed by atoms with Crippen molar-refractivity contribution in [2.45, 2.75) is 6.54 Å². The lowest BCUT2D eigenvalue weighted by Crippen LogP contribution is -2.22. The first-order valence-electron chi connectivity index (χ1n) is 5.84. The number of carbonyl (C=O) groups is 1. The molecule has 2 aromatic rings. The highest BCUT2D eigenvalue weighted by atomic mass is 16.6. The van der Waals surface area contributed by atoms with E-state index in [1.54, 1.807) is 12.4 Å². The monoisotopic (exact) mass is 275 g/mol. The van der Waals surface area contributed by atoms with Gasteiger partial charge in [0.05, 0.1) is 12.0 Å². The van der Waals surface area contributed by atoms with Gasteiger partial charge in [-0.05, 0) is 17.7 Å². The second-order valence-electron chi connectivity index (χ2n) is 4.05. The fourth-order valence-electron chi connectivity index (χ4n) is 1.72. The third-order valence-corrected chi connectivity index (χ3v) is 2.75. The van der Waals surface area contributed by atoms with Gasteiger partial charge in [-0.3, -0.25) is 14.9 Å². The number of hydrogen-bond donors (Lipinski definition) is 2. The largest absolute Gasteiger partial charge is 0.490 e. The van der Waals surface area contributed by atoms with Gasteiger partial charge in [-0.1, -0.05) is 0 Å². The maximum Gasteiger partial charge on any atom is 0.310 e. The number of nitro groups is 1. The van der Waals surface area contributed by atoms with Crippen LogP contribution in [0.4, 0.5) is 5.69 Å². The number of ether oxygens (including phenoxy) is 1. The van der Waals surface area contributed by atoms with Crippen LogP contribution in [0.2, 0.25) is 0 Å². The van der Waals surface area contributed by atoms with Crippen molar-refractivity contribution in [3.8, 4) is 5.75 Å². The fourth-order valence-corrected chi connectivity index (χ4v) is 1.72. The molecule has 1 amide bonds. The molecule has 2 N–H and O–H groups in total. The van der Waals surface area contributed by atoms with Crippen molar-refractivity contribution < 1.29 is 14.5 Å². The van der Waals surface area contributed by atoms with Crippen molar-refractivity contribution >= 4 is 11.6 Å². The summed E-state index contributed by atoms with van der Waals surface area (Å²) in [6, 6.07) is 5.85. The van der Waals surface area contributed by atoms with Gasteiger partial charge in [0, 0.05) is 36.6 Å². The molecule has 0 aliphatic rings. The summed E-state index contributed by atoms with van der Waals surface area (Å²) >= 11 is 0. The van der Waals surface area contributed by atoms with Crippen LogP contribution in [0.5, 0.6) is 5.75 Å². The topological polar surface area (TPSA) is 97.3 Å². The molecule has 1 heterocycles. The fraction of sp³-hybridized carbons (Fsp3) is 0.154. The summed E-state index contributed by atoms with van der Waals surface area (Å²) < 4.78 is 4.92. The van der Waals surface area contributed by atoms with E-state index >= 15 is 0 Å². The van der Waals surface area contributed by atoms with Crippen LogP contribution in [0.25, 0.3) is 0 Å². The van der Waals surface area contributed by atoms with Gasteiger partial charge in [0.25, 0.3) is 5.91 Å². The molecule has 0 unspecified atom stereocenters. The van der Waals surface area contributed by atoms with E-state index in [-0.39, 0.29) is 17.3 Å². The van der Waals surface area contributed by atoms with Gasteiger partial charge < -0.3 is 15.0 Å². The van der Waals surface area contributed by atoms with Gasteiger partial charge >= 0.3 is 5.69 Å². The van der Waals surface area contributed by atoms with Gasteiger partial charge in [0.2, 0.25) is 0 Å². The normalized spacial score (nSPS) is 10.1. The summed E-state index contributed by atoms with van der Waals surface area (Å²) in [6.07, 6.45) is 3.53. The molecule has 1 aromatic heterocycles. The molecule has 20 heavy (non-hydrogen) atoms. The minimum absolute atomic E-state index is 0.0595. The van der Waals surface area contributed by atoms with Crippen LogP contribution < -0.4 is 10.1 Å². The number of aromatic amines is 1. The molecule has 0 saturated heterocycles. The van der Waals surface area contributed by atoms with Crippen molar-refractivity contribution in [2.24, 2.45) is 0 Å². The second kappa shape index (κ2) is 5.87. The molecule has 0 atom stereocenters. The zero-order chi connectivity index (χ0) is 14.5. The zero-order valence-electron chi connectivity index (χ0n) is 10.8. The van der Waals surface area contributed by atoms with Crippen molar-refractivity contribution in [3.05, 3.63) is 57.9 Å². The molecule has 0 aliphatic carbocycles. The Kier molecular flexibility index (Phi) is 3.99. The third-order valence-electron chi connectivity index (χ3n) is 2.75. The average Bonchev–Trinajstić information content (AvgIpc) is 2.97. The van der Waals surface area contributed by atoms with Crippen LogP contribution in [0, 0.1) is 10.1 Å². The predicted molar refractivity (Wildman–Crippen MR) is 71.6 cm³/mol. The molecule has 0 aliphatic heterocycles. The molecule has 104 valence electrons. The van der Waals surface area contributed by atoms with Crippen molar-refractivity contribution in [1.82, 2.24) is 10.3 Å². The Morgan fingerprint density at radius 3 is 2.85 bits per heavy atom. The van der Waals surface area contributed by atoms with E-state index in [1.807, 2.05) is 6.07 Å². The van der Waals surface area contributed by atoms with Crippen molar-refractivity contribution in [1.29, 1.82) is 0 Å². The lowest BCUT2D eigenvalue weighted by Gasteiger charge is -2.06. The molecule has 2 rings (SSSR count). The van der Waals surface area contributed by atoms with Gasteiger partial charge in [-0.15, -0.1) is 0 Å². The summed E-state index contributed by atoms with van der Waals surface area (Å²) in [5.74, 6) is -0.260. The first-order chi connectivity index (χ1) is 9.61.